The monoisotopic (exact) mass is 334 g/mol. The number of piperazine rings is 1. The van der Waals surface area contributed by atoms with Crippen molar-refractivity contribution in [2.45, 2.75) is 6.42 Å². The van der Waals surface area contributed by atoms with Crippen molar-refractivity contribution < 1.29 is 9.53 Å². The lowest BCUT2D eigenvalue weighted by molar-refractivity contribution is -0.126. The highest BCUT2D eigenvalue weighted by molar-refractivity contribution is 5.92. The number of hydrogen-bond donors (Lipinski definition) is 0. The third kappa shape index (κ3) is 3.53. The van der Waals surface area contributed by atoms with Gasteiger partial charge in [-0.1, -0.05) is 24.3 Å². The molecule has 2 heterocycles. The van der Waals surface area contributed by atoms with E-state index in [2.05, 4.69) is 35.2 Å². The molecule has 0 saturated carbocycles. The second-order valence-corrected chi connectivity index (χ2v) is 6.45. The standard InChI is InChI=1S/C21H22N2O2/c24-21(9-7-17-6-8-20-18(16-17)10-15-25-20)23-13-11-22(12-14-23)19-4-2-1-3-5-19/h1-9,16H,10-15H2/b9-7+. The Morgan fingerprint density at radius 2 is 1.80 bits per heavy atom. The van der Waals surface area contributed by atoms with Gasteiger partial charge >= 0.3 is 0 Å². The molecule has 2 aromatic rings. The highest BCUT2D eigenvalue weighted by atomic mass is 16.5. The molecule has 2 aromatic carbocycles. The fourth-order valence-electron chi connectivity index (χ4n) is 3.41. The number of hydrogen-bond acceptors (Lipinski definition) is 3. The minimum absolute atomic E-state index is 0.0875. The number of amides is 1. The van der Waals surface area contributed by atoms with Crippen molar-refractivity contribution in [3.8, 4) is 5.75 Å². The molecule has 0 bridgehead atoms. The van der Waals surface area contributed by atoms with Crippen LogP contribution < -0.4 is 9.64 Å². The number of ether oxygens (including phenoxy) is 1. The Morgan fingerprint density at radius 3 is 2.60 bits per heavy atom. The minimum atomic E-state index is 0.0875. The molecule has 0 spiro atoms. The summed E-state index contributed by atoms with van der Waals surface area (Å²) in [5.74, 6) is 1.06. The number of carbonyl (C=O) groups is 1. The summed E-state index contributed by atoms with van der Waals surface area (Å²) in [5, 5.41) is 0. The second kappa shape index (κ2) is 7.01. The van der Waals surface area contributed by atoms with E-state index in [1.807, 2.05) is 29.2 Å². The van der Waals surface area contributed by atoms with Gasteiger partial charge in [-0.25, -0.2) is 0 Å². The zero-order valence-electron chi connectivity index (χ0n) is 14.2. The Bertz CT molecular complexity index is 778. The highest BCUT2D eigenvalue weighted by Crippen LogP contribution is 2.26. The third-order valence-electron chi connectivity index (χ3n) is 4.84. The predicted octanol–water partition coefficient (Wildman–Crippen LogP) is 2.98. The van der Waals surface area contributed by atoms with Crippen molar-refractivity contribution >= 4 is 17.7 Å². The lowest BCUT2D eigenvalue weighted by Crippen LogP contribution is -2.48. The number of carbonyl (C=O) groups excluding carboxylic acids is 1. The summed E-state index contributed by atoms with van der Waals surface area (Å²) in [4.78, 5) is 16.7. The smallest absolute Gasteiger partial charge is 0.246 e. The summed E-state index contributed by atoms with van der Waals surface area (Å²) in [6, 6.07) is 16.5. The Hall–Kier alpha value is -2.75. The number of anilines is 1. The van der Waals surface area contributed by atoms with E-state index in [-0.39, 0.29) is 5.91 Å². The summed E-state index contributed by atoms with van der Waals surface area (Å²) in [5.41, 5.74) is 3.51. The van der Waals surface area contributed by atoms with Crippen molar-refractivity contribution in [1.82, 2.24) is 4.90 Å². The summed E-state index contributed by atoms with van der Waals surface area (Å²) >= 11 is 0. The molecule has 4 rings (SSSR count). The van der Waals surface area contributed by atoms with E-state index < -0.39 is 0 Å². The molecule has 0 atom stereocenters. The average molecular weight is 334 g/mol. The molecule has 0 N–H and O–H groups in total. The molecule has 0 radical (unpaired) electrons. The first-order chi connectivity index (χ1) is 12.3. The van der Waals surface area contributed by atoms with Crippen LogP contribution in [0.5, 0.6) is 5.75 Å². The number of nitrogens with zero attached hydrogens (tertiary/aromatic N) is 2. The van der Waals surface area contributed by atoms with Crippen molar-refractivity contribution in [3.63, 3.8) is 0 Å². The second-order valence-electron chi connectivity index (χ2n) is 6.45. The van der Waals surface area contributed by atoms with E-state index in [0.717, 1.165) is 50.5 Å². The Kier molecular flexibility index (Phi) is 4.42. The molecule has 1 fully saturated rings. The fraction of sp³-hybridized carbons (Fsp3) is 0.286. The number of fused-ring (bicyclic) bond motifs is 1. The van der Waals surface area contributed by atoms with Gasteiger partial charge in [0.25, 0.3) is 0 Å². The Labute approximate surface area is 148 Å². The van der Waals surface area contributed by atoms with Gasteiger partial charge in [0.15, 0.2) is 0 Å². The summed E-state index contributed by atoms with van der Waals surface area (Å²) < 4.78 is 5.52. The van der Waals surface area contributed by atoms with Crippen LogP contribution in [0, 0.1) is 0 Å². The molecule has 0 aliphatic carbocycles. The maximum atomic E-state index is 12.4. The topological polar surface area (TPSA) is 32.8 Å². The number of para-hydroxylation sites is 1. The van der Waals surface area contributed by atoms with Gasteiger partial charge in [-0.2, -0.15) is 0 Å². The molecule has 0 unspecified atom stereocenters. The van der Waals surface area contributed by atoms with Crippen LogP contribution in [0.1, 0.15) is 11.1 Å². The zero-order chi connectivity index (χ0) is 17.1. The SMILES string of the molecule is O=C(/C=C/c1ccc2c(c1)CCO2)N1CCN(c2ccccc2)CC1. The van der Waals surface area contributed by atoms with Gasteiger partial charge in [0.2, 0.25) is 5.91 Å². The zero-order valence-corrected chi connectivity index (χ0v) is 14.2. The Balaban J connectivity index is 1.34. The first kappa shape index (κ1) is 15.8. The average Bonchev–Trinajstić information content (AvgIpc) is 3.15. The van der Waals surface area contributed by atoms with Gasteiger partial charge in [0, 0.05) is 44.4 Å². The van der Waals surface area contributed by atoms with Gasteiger partial charge in [-0.3, -0.25) is 4.79 Å². The van der Waals surface area contributed by atoms with Crippen LogP contribution in [-0.4, -0.2) is 43.6 Å². The van der Waals surface area contributed by atoms with Gasteiger partial charge < -0.3 is 14.5 Å². The molecule has 0 aromatic heterocycles. The van der Waals surface area contributed by atoms with Crippen LogP contribution in [0.4, 0.5) is 5.69 Å². The normalized spacial score (nSPS) is 16.8. The van der Waals surface area contributed by atoms with E-state index in [9.17, 15) is 4.79 Å². The summed E-state index contributed by atoms with van der Waals surface area (Å²) in [7, 11) is 0. The van der Waals surface area contributed by atoms with Crippen molar-refractivity contribution in [3.05, 3.63) is 65.7 Å². The van der Waals surface area contributed by atoms with Crippen molar-refractivity contribution in [2.75, 3.05) is 37.7 Å². The van der Waals surface area contributed by atoms with E-state index in [1.54, 1.807) is 6.08 Å². The largest absolute Gasteiger partial charge is 0.493 e. The van der Waals surface area contributed by atoms with E-state index in [4.69, 9.17) is 4.74 Å². The third-order valence-corrected chi connectivity index (χ3v) is 4.84. The van der Waals surface area contributed by atoms with Gasteiger partial charge in [0.1, 0.15) is 5.75 Å². The first-order valence-corrected chi connectivity index (χ1v) is 8.82. The van der Waals surface area contributed by atoms with E-state index in [1.165, 1.54) is 11.3 Å². The Morgan fingerprint density at radius 1 is 1.00 bits per heavy atom. The van der Waals surface area contributed by atoms with Crippen LogP contribution in [0.25, 0.3) is 6.08 Å². The van der Waals surface area contributed by atoms with E-state index >= 15 is 0 Å². The molecule has 2 aliphatic heterocycles. The van der Waals surface area contributed by atoms with Crippen LogP contribution in [0.15, 0.2) is 54.6 Å². The number of rotatable bonds is 3. The molecule has 4 nitrogen and oxygen atoms in total. The number of benzene rings is 2. The maximum absolute atomic E-state index is 12.4. The quantitative estimate of drug-likeness (QED) is 0.809. The lowest BCUT2D eigenvalue weighted by atomic mass is 10.1. The molecule has 128 valence electrons. The molecule has 2 aliphatic rings. The predicted molar refractivity (Wildman–Crippen MR) is 99.9 cm³/mol. The van der Waals surface area contributed by atoms with Crippen LogP contribution in [-0.2, 0) is 11.2 Å². The van der Waals surface area contributed by atoms with Gasteiger partial charge in [-0.15, -0.1) is 0 Å². The van der Waals surface area contributed by atoms with Gasteiger partial charge in [-0.05, 0) is 41.5 Å². The molecule has 1 amide bonds. The first-order valence-electron chi connectivity index (χ1n) is 8.82. The summed E-state index contributed by atoms with van der Waals surface area (Å²) in [6.45, 7) is 4.03. The highest BCUT2D eigenvalue weighted by Gasteiger charge is 2.19. The molecular weight excluding hydrogens is 312 g/mol. The van der Waals surface area contributed by atoms with Crippen LogP contribution in [0.3, 0.4) is 0 Å². The summed E-state index contributed by atoms with van der Waals surface area (Å²) in [6.07, 6.45) is 4.55. The van der Waals surface area contributed by atoms with Crippen molar-refractivity contribution in [2.24, 2.45) is 0 Å². The maximum Gasteiger partial charge on any atom is 0.246 e. The molecular formula is C21H22N2O2. The van der Waals surface area contributed by atoms with Gasteiger partial charge in [0.05, 0.1) is 6.61 Å². The van der Waals surface area contributed by atoms with Crippen LogP contribution in [0.2, 0.25) is 0 Å². The lowest BCUT2D eigenvalue weighted by Gasteiger charge is -2.35. The van der Waals surface area contributed by atoms with Crippen molar-refractivity contribution in [1.29, 1.82) is 0 Å². The minimum Gasteiger partial charge on any atom is -0.493 e. The fourth-order valence-corrected chi connectivity index (χ4v) is 3.41. The molecule has 25 heavy (non-hydrogen) atoms. The molecule has 4 heteroatoms. The molecule has 1 saturated heterocycles. The van der Waals surface area contributed by atoms with Crippen LogP contribution >= 0.6 is 0 Å². The van der Waals surface area contributed by atoms with E-state index in [0.29, 0.717) is 0 Å².